The van der Waals surface area contributed by atoms with Crippen molar-refractivity contribution in [2.24, 2.45) is 0 Å². The molecule has 2 aromatic rings. The summed E-state index contributed by atoms with van der Waals surface area (Å²) < 4.78 is 40.9. The Morgan fingerprint density at radius 2 is 1.81 bits per heavy atom. The Labute approximate surface area is 163 Å². The van der Waals surface area contributed by atoms with Crippen molar-refractivity contribution in [1.29, 1.82) is 0 Å². The first kappa shape index (κ1) is 21.3. The van der Waals surface area contributed by atoms with Gasteiger partial charge in [0.15, 0.2) is 0 Å². The highest BCUT2D eigenvalue weighted by molar-refractivity contribution is 7.90. The van der Waals surface area contributed by atoms with Crippen molar-refractivity contribution in [1.82, 2.24) is 9.71 Å². The average Bonchev–Trinajstić information content (AvgIpc) is 2.63. The number of benzene rings is 1. The predicted octanol–water partition coefficient (Wildman–Crippen LogP) is 3.54. The topological polar surface area (TPSA) is 79.4 Å². The summed E-state index contributed by atoms with van der Waals surface area (Å²) in [5.74, 6) is 0. The summed E-state index contributed by atoms with van der Waals surface area (Å²) in [5, 5.41) is -0.346. The Morgan fingerprint density at radius 3 is 2.30 bits per heavy atom. The van der Waals surface area contributed by atoms with Crippen LogP contribution in [0.3, 0.4) is 0 Å². The van der Waals surface area contributed by atoms with Crippen LogP contribution in [-0.2, 0) is 20.5 Å². The standard InChI is InChI=1S/C18H21ClFN3O3S/c1-13(2)27(25,26)22-11-18(3,20)14-4-6-15(7-5-14)23(12-24)16-8-9-17(19)21-10-16/h4-10,12-13,22H,11H2,1-3H3. The minimum atomic E-state index is -3.57. The SMILES string of the molecule is CC(C)S(=O)(=O)NCC(C)(F)c1ccc(N(C=O)c2ccc(Cl)nc2)cc1. The van der Waals surface area contributed by atoms with Crippen LogP contribution in [0.4, 0.5) is 15.8 Å². The summed E-state index contributed by atoms with van der Waals surface area (Å²) >= 11 is 5.75. The number of amides is 1. The van der Waals surface area contributed by atoms with Crippen molar-refractivity contribution in [2.45, 2.75) is 31.7 Å². The number of pyridine rings is 1. The van der Waals surface area contributed by atoms with Crippen LogP contribution in [-0.4, -0.2) is 31.6 Å². The zero-order chi connectivity index (χ0) is 20.2. The van der Waals surface area contributed by atoms with Crippen molar-refractivity contribution in [3.63, 3.8) is 0 Å². The molecule has 0 fully saturated rings. The zero-order valence-electron chi connectivity index (χ0n) is 15.2. The number of hydrogen-bond donors (Lipinski definition) is 1. The van der Waals surface area contributed by atoms with Crippen molar-refractivity contribution >= 4 is 39.4 Å². The lowest BCUT2D eigenvalue weighted by atomic mass is 9.98. The lowest BCUT2D eigenvalue weighted by Crippen LogP contribution is -2.39. The zero-order valence-corrected chi connectivity index (χ0v) is 16.8. The molecule has 1 heterocycles. The van der Waals surface area contributed by atoms with Gasteiger partial charge in [0.1, 0.15) is 10.8 Å². The molecule has 1 aromatic heterocycles. The van der Waals surface area contributed by atoms with E-state index in [-0.39, 0.29) is 12.1 Å². The van der Waals surface area contributed by atoms with Gasteiger partial charge in [-0.2, -0.15) is 0 Å². The Bertz CT molecular complexity index is 885. The van der Waals surface area contributed by atoms with Gasteiger partial charge >= 0.3 is 0 Å². The molecule has 0 spiro atoms. The van der Waals surface area contributed by atoms with E-state index in [0.29, 0.717) is 22.9 Å². The monoisotopic (exact) mass is 413 g/mol. The first-order valence-corrected chi connectivity index (χ1v) is 10.1. The number of carbonyl (C=O) groups excluding carboxylic acids is 1. The van der Waals surface area contributed by atoms with Crippen LogP contribution < -0.4 is 9.62 Å². The van der Waals surface area contributed by atoms with Crippen LogP contribution in [0.2, 0.25) is 5.15 Å². The highest BCUT2D eigenvalue weighted by Crippen LogP contribution is 2.29. The van der Waals surface area contributed by atoms with Crippen LogP contribution in [0.15, 0.2) is 42.6 Å². The van der Waals surface area contributed by atoms with E-state index in [1.54, 1.807) is 24.3 Å². The van der Waals surface area contributed by atoms with Gasteiger partial charge < -0.3 is 0 Å². The van der Waals surface area contributed by atoms with Gasteiger partial charge in [-0.25, -0.2) is 22.5 Å². The van der Waals surface area contributed by atoms with E-state index in [1.165, 1.54) is 44.0 Å². The fraction of sp³-hybridized carbons (Fsp3) is 0.333. The second kappa shape index (κ2) is 8.33. The third-order valence-corrected chi connectivity index (χ3v) is 6.08. The molecule has 1 aromatic carbocycles. The van der Waals surface area contributed by atoms with Crippen molar-refractivity contribution in [3.8, 4) is 0 Å². The van der Waals surface area contributed by atoms with E-state index in [9.17, 15) is 17.6 Å². The smallest absolute Gasteiger partial charge is 0.218 e. The Morgan fingerprint density at radius 1 is 1.22 bits per heavy atom. The second-order valence-electron chi connectivity index (χ2n) is 6.47. The van der Waals surface area contributed by atoms with Crippen molar-refractivity contribution < 1.29 is 17.6 Å². The van der Waals surface area contributed by atoms with E-state index in [2.05, 4.69) is 9.71 Å². The van der Waals surface area contributed by atoms with Crippen LogP contribution in [0.25, 0.3) is 0 Å². The Hall–Kier alpha value is -2.03. The summed E-state index contributed by atoms with van der Waals surface area (Å²) in [5.41, 5.74) is -0.599. The molecule has 146 valence electrons. The molecule has 9 heteroatoms. The number of rotatable bonds is 8. The van der Waals surface area contributed by atoms with Gasteiger partial charge in [-0.3, -0.25) is 9.69 Å². The first-order chi connectivity index (χ1) is 12.6. The number of aromatic nitrogens is 1. The summed E-state index contributed by atoms with van der Waals surface area (Å²) in [4.78, 5) is 16.7. The minimum Gasteiger partial charge on any atom is -0.282 e. The fourth-order valence-corrected chi connectivity index (χ4v) is 3.17. The highest BCUT2D eigenvalue weighted by atomic mass is 35.5. The largest absolute Gasteiger partial charge is 0.282 e. The van der Waals surface area contributed by atoms with Gasteiger partial charge in [-0.15, -0.1) is 0 Å². The number of nitrogens with zero attached hydrogens (tertiary/aromatic N) is 2. The van der Waals surface area contributed by atoms with Crippen molar-refractivity contribution in [3.05, 3.63) is 53.3 Å². The van der Waals surface area contributed by atoms with E-state index < -0.39 is 20.9 Å². The molecule has 2 rings (SSSR count). The number of anilines is 2. The van der Waals surface area contributed by atoms with Crippen LogP contribution in [0.5, 0.6) is 0 Å². The number of hydrogen-bond acceptors (Lipinski definition) is 4. The molecule has 0 saturated carbocycles. The van der Waals surface area contributed by atoms with Gasteiger partial charge in [0, 0.05) is 12.2 Å². The number of carbonyl (C=O) groups is 1. The Kier molecular flexibility index (Phi) is 6.56. The van der Waals surface area contributed by atoms with Gasteiger partial charge in [0.05, 0.1) is 17.1 Å². The first-order valence-electron chi connectivity index (χ1n) is 8.21. The molecular weight excluding hydrogens is 393 g/mol. The van der Waals surface area contributed by atoms with Crippen LogP contribution >= 0.6 is 11.6 Å². The maximum Gasteiger partial charge on any atom is 0.218 e. The number of alkyl halides is 1. The van der Waals surface area contributed by atoms with Gasteiger partial charge in [-0.05, 0) is 50.6 Å². The number of halogens is 2. The summed E-state index contributed by atoms with van der Waals surface area (Å²) in [6.07, 6.45) is 2.07. The predicted molar refractivity (Wildman–Crippen MR) is 104 cm³/mol. The molecular formula is C18H21ClFN3O3S. The van der Waals surface area contributed by atoms with Crippen LogP contribution in [0.1, 0.15) is 26.3 Å². The highest BCUT2D eigenvalue weighted by Gasteiger charge is 2.29. The van der Waals surface area contributed by atoms with Crippen molar-refractivity contribution in [2.75, 3.05) is 11.4 Å². The lowest BCUT2D eigenvalue weighted by molar-refractivity contribution is -0.106. The van der Waals surface area contributed by atoms with Gasteiger partial charge in [0.25, 0.3) is 0 Å². The molecule has 1 atom stereocenters. The summed E-state index contributed by atoms with van der Waals surface area (Å²) in [7, 11) is -3.57. The maximum absolute atomic E-state index is 15.0. The normalized spacial score (nSPS) is 14.0. The second-order valence-corrected chi connectivity index (χ2v) is 9.18. The third kappa shape index (κ3) is 5.24. The third-order valence-electron chi connectivity index (χ3n) is 4.07. The van der Waals surface area contributed by atoms with E-state index >= 15 is 0 Å². The number of sulfonamides is 1. The minimum absolute atomic E-state index is 0.290. The maximum atomic E-state index is 15.0. The molecule has 1 unspecified atom stereocenters. The molecule has 0 aliphatic heterocycles. The molecule has 0 radical (unpaired) electrons. The molecule has 27 heavy (non-hydrogen) atoms. The molecule has 0 aliphatic carbocycles. The number of nitrogens with one attached hydrogen (secondary N) is 1. The molecule has 1 N–H and O–H groups in total. The van der Waals surface area contributed by atoms with Gasteiger partial charge in [0.2, 0.25) is 16.4 Å². The fourth-order valence-electron chi connectivity index (χ4n) is 2.26. The molecule has 1 amide bonds. The lowest BCUT2D eigenvalue weighted by Gasteiger charge is -2.23. The summed E-state index contributed by atoms with van der Waals surface area (Å²) in [6.45, 7) is 3.95. The van der Waals surface area contributed by atoms with E-state index in [0.717, 1.165) is 0 Å². The summed E-state index contributed by atoms with van der Waals surface area (Å²) in [6, 6.07) is 9.37. The Balaban J connectivity index is 2.19. The quantitative estimate of drug-likeness (QED) is 0.530. The van der Waals surface area contributed by atoms with Gasteiger partial charge in [-0.1, -0.05) is 23.7 Å². The molecule has 0 bridgehead atoms. The van der Waals surface area contributed by atoms with Crippen LogP contribution in [0, 0.1) is 0 Å². The molecule has 0 saturated heterocycles. The molecule has 6 nitrogen and oxygen atoms in total. The van der Waals surface area contributed by atoms with E-state index in [1.807, 2.05) is 0 Å². The average molecular weight is 414 g/mol. The van der Waals surface area contributed by atoms with E-state index in [4.69, 9.17) is 11.6 Å². The molecule has 0 aliphatic rings.